The lowest BCUT2D eigenvalue weighted by atomic mass is 10.0. The summed E-state index contributed by atoms with van der Waals surface area (Å²) in [5.41, 5.74) is 6.63. The maximum Gasteiger partial charge on any atom is 0.413 e. The van der Waals surface area contributed by atoms with Crippen molar-refractivity contribution in [3.05, 3.63) is 87.2 Å². The monoisotopic (exact) mass is 566 g/mol. The van der Waals surface area contributed by atoms with E-state index in [0.717, 1.165) is 60.5 Å². The van der Waals surface area contributed by atoms with Gasteiger partial charge in [0.15, 0.2) is 0 Å². The maximum absolute atomic E-state index is 12.8. The number of fused-ring (bicyclic) bond motifs is 1. The summed E-state index contributed by atoms with van der Waals surface area (Å²) < 4.78 is 7.38. The van der Waals surface area contributed by atoms with E-state index in [-0.39, 0.29) is 12.7 Å². The lowest BCUT2D eigenvalue weighted by Gasteiger charge is -2.29. The quantitative estimate of drug-likeness (QED) is 0.255. The van der Waals surface area contributed by atoms with Crippen LogP contribution >= 0.6 is 23.2 Å². The zero-order valence-electron chi connectivity index (χ0n) is 22.1. The van der Waals surface area contributed by atoms with Crippen molar-refractivity contribution in [2.24, 2.45) is 0 Å². The van der Waals surface area contributed by atoms with Gasteiger partial charge in [0.1, 0.15) is 18.1 Å². The highest BCUT2D eigenvalue weighted by Crippen LogP contribution is 2.28. The highest BCUT2D eigenvalue weighted by atomic mass is 35.5. The molecule has 0 radical (unpaired) electrons. The Morgan fingerprint density at radius 1 is 1.05 bits per heavy atom. The number of aryl methyl sites for hydroxylation is 2. The van der Waals surface area contributed by atoms with Crippen LogP contribution in [0, 0.1) is 6.92 Å². The fourth-order valence-electron chi connectivity index (χ4n) is 5.01. The number of ether oxygens (including phenoxy) is 1. The first-order valence-corrected chi connectivity index (χ1v) is 13.9. The number of pyridine rings is 1. The average molecular weight is 568 g/mol. The van der Waals surface area contributed by atoms with Crippen LogP contribution in [-0.4, -0.2) is 44.7 Å². The molecule has 2 aromatic carbocycles. The molecule has 4 aromatic rings. The van der Waals surface area contributed by atoms with E-state index in [1.165, 1.54) is 5.56 Å². The van der Waals surface area contributed by atoms with Crippen molar-refractivity contribution in [1.29, 1.82) is 0 Å². The summed E-state index contributed by atoms with van der Waals surface area (Å²) in [6.07, 6.45) is 3.57. The second kappa shape index (κ2) is 12.0. The predicted molar refractivity (Wildman–Crippen MR) is 156 cm³/mol. The Morgan fingerprint density at radius 3 is 2.41 bits per heavy atom. The van der Waals surface area contributed by atoms with E-state index in [4.69, 9.17) is 32.9 Å². The topological polar surface area (TPSA) is 79.1 Å². The lowest BCUT2D eigenvalue weighted by molar-refractivity contribution is 0.0792. The van der Waals surface area contributed by atoms with Gasteiger partial charge in [-0.25, -0.2) is 9.78 Å². The molecule has 1 fully saturated rings. The third-order valence-corrected chi connectivity index (χ3v) is 7.51. The Kier molecular flexibility index (Phi) is 8.43. The number of carbonyl (C=O) groups excluding carboxylic acids is 1. The van der Waals surface area contributed by atoms with Crippen LogP contribution in [0.4, 0.5) is 10.6 Å². The number of aliphatic hydroxyl groups is 1. The van der Waals surface area contributed by atoms with Crippen LogP contribution in [0.5, 0.6) is 0 Å². The number of hydrogen-bond donors (Lipinski definition) is 2. The number of hydrogen-bond acceptors (Lipinski definition) is 5. The molecule has 0 spiro atoms. The normalized spacial score (nSPS) is 14.6. The number of benzene rings is 2. The van der Waals surface area contributed by atoms with E-state index in [0.29, 0.717) is 27.8 Å². The van der Waals surface area contributed by atoms with Crippen molar-refractivity contribution >= 4 is 40.8 Å². The van der Waals surface area contributed by atoms with Gasteiger partial charge < -0.3 is 9.84 Å². The molecule has 0 bridgehead atoms. The summed E-state index contributed by atoms with van der Waals surface area (Å²) in [6.45, 7) is 6.79. The Bertz CT molecular complexity index is 1460. The van der Waals surface area contributed by atoms with E-state index in [1.807, 2.05) is 24.4 Å². The van der Waals surface area contributed by atoms with E-state index in [9.17, 15) is 9.90 Å². The fourth-order valence-corrected chi connectivity index (χ4v) is 5.58. The number of likely N-dealkylation sites (tertiary alicyclic amines) is 1. The minimum atomic E-state index is -0.583. The van der Waals surface area contributed by atoms with Crippen molar-refractivity contribution in [3.63, 3.8) is 0 Å². The highest BCUT2D eigenvalue weighted by molar-refractivity contribution is 6.34. The van der Waals surface area contributed by atoms with Crippen molar-refractivity contribution in [3.8, 4) is 11.1 Å². The standard InChI is InChI=1S/C30H32Cl2N4O3/c1-3-27-29(34-30(38)39-18-21-13-24(31)15-25(32)14-21)36-17-23(12-19(2)28(36)33-27)22-6-4-20(5-7-22)16-35-10-8-26(37)9-11-35/h4-7,12-15,17,26,37H,3,8-11,16,18H2,1-2H3,(H,34,38). The van der Waals surface area contributed by atoms with E-state index in [2.05, 4.69) is 40.5 Å². The minimum absolute atomic E-state index is 0.0406. The Morgan fingerprint density at radius 2 is 1.74 bits per heavy atom. The molecule has 39 heavy (non-hydrogen) atoms. The molecule has 1 amide bonds. The molecule has 3 heterocycles. The smallest absolute Gasteiger partial charge is 0.413 e. The van der Waals surface area contributed by atoms with Gasteiger partial charge in [0.2, 0.25) is 0 Å². The van der Waals surface area contributed by atoms with Crippen molar-refractivity contribution < 1.29 is 14.6 Å². The van der Waals surface area contributed by atoms with Gasteiger partial charge in [-0.05, 0) is 78.3 Å². The van der Waals surface area contributed by atoms with Gasteiger partial charge in [-0.2, -0.15) is 0 Å². The molecular formula is C30H32Cl2N4O3. The molecule has 1 saturated heterocycles. The average Bonchev–Trinajstić information content (AvgIpc) is 3.26. The molecule has 0 unspecified atom stereocenters. The summed E-state index contributed by atoms with van der Waals surface area (Å²) in [5, 5.41) is 13.6. The third kappa shape index (κ3) is 6.56. The number of amides is 1. The number of nitrogens with zero attached hydrogens (tertiary/aromatic N) is 3. The summed E-state index contributed by atoms with van der Waals surface area (Å²) >= 11 is 12.1. The van der Waals surface area contributed by atoms with Gasteiger partial charge in [-0.15, -0.1) is 0 Å². The molecule has 2 aromatic heterocycles. The maximum atomic E-state index is 12.8. The molecule has 2 N–H and O–H groups in total. The number of nitrogens with one attached hydrogen (secondary N) is 1. The summed E-state index contributed by atoms with van der Waals surface area (Å²) in [7, 11) is 0. The van der Waals surface area contributed by atoms with Gasteiger partial charge in [-0.3, -0.25) is 14.6 Å². The Balaban J connectivity index is 1.34. The van der Waals surface area contributed by atoms with Crippen LogP contribution in [-0.2, 0) is 24.3 Å². The number of carbonyl (C=O) groups is 1. The highest BCUT2D eigenvalue weighted by Gasteiger charge is 2.19. The first kappa shape index (κ1) is 27.5. The van der Waals surface area contributed by atoms with Crippen LogP contribution in [0.15, 0.2) is 54.7 Å². The number of anilines is 1. The van der Waals surface area contributed by atoms with E-state index < -0.39 is 6.09 Å². The molecule has 0 atom stereocenters. The summed E-state index contributed by atoms with van der Waals surface area (Å²) in [6, 6.07) is 15.7. The number of aromatic nitrogens is 2. The molecule has 9 heteroatoms. The molecular weight excluding hydrogens is 535 g/mol. The minimum Gasteiger partial charge on any atom is -0.444 e. The van der Waals surface area contributed by atoms with E-state index >= 15 is 0 Å². The molecule has 204 valence electrons. The first-order valence-electron chi connectivity index (χ1n) is 13.2. The van der Waals surface area contributed by atoms with Crippen LogP contribution in [0.1, 0.15) is 42.1 Å². The lowest BCUT2D eigenvalue weighted by Crippen LogP contribution is -2.35. The molecule has 0 saturated carbocycles. The van der Waals surface area contributed by atoms with Crippen LogP contribution in [0.2, 0.25) is 10.0 Å². The van der Waals surface area contributed by atoms with Crippen molar-refractivity contribution in [1.82, 2.24) is 14.3 Å². The second-order valence-electron chi connectivity index (χ2n) is 10.0. The zero-order chi connectivity index (χ0) is 27.5. The second-order valence-corrected chi connectivity index (χ2v) is 10.9. The largest absolute Gasteiger partial charge is 0.444 e. The van der Waals surface area contributed by atoms with Gasteiger partial charge in [0.25, 0.3) is 0 Å². The summed E-state index contributed by atoms with van der Waals surface area (Å²) in [4.78, 5) is 19.9. The molecule has 1 aliphatic rings. The van der Waals surface area contributed by atoms with Crippen molar-refractivity contribution in [2.45, 2.75) is 52.4 Å². The number of imidazole rings is 1. The van der Waals surface area contributed by atoms with Crippen LogP contribution < -0.4 is 5.32 Å². The summed E-state index contributed by atoms with van der Waals surface area (Å²) in [5.74, 6) is 0.593. The first-order chi connectivity index (χ1) is 18.8. The van der Waals surface area contributed by atoms with Crippen LogP contribution in [0.3, 0.4) is 0 Å². The fraction of sp³-hybridized carbons (Fsp3) is 0.333. The number of aliphatic hydroxyl groups excluding tert-OH is 1. The van der Waals surface area contributed by atoms with Gasteiger partial charge in [0.05, 0.1) is 11.8 Å². The van der Waals surface area contributed by atoms with E-state index in [1.54, 1.807) is 18.2 Å². The SMILES string of the molecule is CCc1nc2c(C)cc(-c3ccc(CN4CCC(O)CC4)cc3)cn2c1NC(=O)OCc1cc(Cl)cc(Cl)c1. The Labute approximate surface area is 238 Å². The number of rotatable bonds is 7. The molecule has 5 rings (SSSR count). The Hall–Kier alpha value is -3.10. The molecule has 0 aliphatic carbocycles. The van der Waals surface area contributed by atoms with Gasteiger partial charge >= 0.3 is 6.09 Å². The number of halogens is 2. The van der Waals surface area contributed by atoms with Gasteiger partial charge in [0, 0.05) is 35.9 Å². The zero-order valence-corrected chi connectivity index (χ0v) is 23.6. The third-order valence-electron chi connectivity index (χ3n) is 7.07. The van der Waals surface area contributed by atoms with Gasteiger partial charge in [-0.1, -0.05) is 54.4 Å². The molecule has 1 aliphatic heterocycles. The van der Waals surface area contributed by atoms with Crippen LogP contribution in [0.25, 0.3) is 16.8 Å². The molecule has 7 nitrogen and oxygen atoms in total. The van der Waals surface area contributed by atoms with Crippen molar-refractivity contribution in [2.75, 3.05) is 18.4 Å². The number of piperidine rings is 1. The predicted octanol–water partition coefficient (Wildman–Crippen LogP) is 6.88.